The summed E-state index contributed by atoms with van der Waals surface area (Å²) in [4.78, 5) is 13.0. The molecule has 0 aromatic rings. The van der Waals surface area contributed by atoms with Crippen molar-refractivity contribution in [2.24, 2.45) is 11.7 Å². The number of likely N-dealkylation sites (N-methyl/N-ethyl adjacent to an activating group) is 1. The minimum atomic E-state index is 0.0535. The van der Waals surface area contributed by atoms with Crippen molar-refractivity contribution in [1.82, 2.24) is 4.90 Å². The van der Waals surface area contributed by atoms with E-state index in [-0.39, 0.29) is 12.5 Å². The van der Waals surface area contributed by atoms with Crippen LogP contribution < -0.4 is 5.73 Å². The lowest BCUT2D eigenvalue weighted by atomic mass is 10.1. The van der Waals surface area contributed by atoms with Crippen molar-refractivity contribution in [2.45, 2.75) is 27.2 Å². The summed E-state index contributed by atoms with van der Waals surface area (Å²) in [5.41, 5.74) is 5.27. The summed E-state index contributed by atoms with van der Waals surface area (Å²) in [6.07, 6.45) is 1.11. The average Bonchev–Trinajstić information content (AvgIpc) is 2.12. The van der Waals surface area contributed by atoms with Gasteiger partial charge in [0, 0.05) is 13.1 Å². The Morgan fingerprint density at radius 2 is 2.08 bits per heavy atom. The van der Waals surface area contributed by atoms with E-state index in [1.807, 2.05) is 11.8 Å². The third-order valence-electron chi connectivity index (χ3n) is 2.14. The van der Waals surface area contributed by atoms with E-state index in [4.69, 9.17) is 5.73 Å². The molecule has 0 spiro atoms. The van der Waals surface area contributed by atoms with Gasteiger partial charge < -0.3 is 10.6 Å². The zero-order valence-electron chi connectivity index (χ0n) is 8.34. The number of hydrogen-bond donors (Lipinski definition) is 1. The molecular formula is C9H20N2O. The molecule has 0 fully saturated rings. The van der Waals surface area contributed by atoms with Gasteiger partial charge in [-0.05, 0) is 12.8 Å². The molecule has 0 saturated heterocycles. The van der Waals surface area contributed by atoms with Crippen LogP contribution in [0.3, 0.4) is 0 Å². The molecule has 2 N–H and O–H groups in total. The first-order valence-corrected chi connectivity index (χ1v) is 4.63. The van der Waals surface area contributed by atoms with Crippen molar-refractivity contribution in [2.75, 3.05) is 19.6 Å². The number of nitrogens with two attached hydrogens (primary N) is 1. The molecule has 0 aromatic heterocycles. The van der Waals surface area contributed by atoms with Gasteiger partial charge in [0.05, 0.1) is 6.54 Å². The van der Waals surface area contributed by atoms with Gasteiger partial charge in [0.25, 0.3) is 0 Å². The monoisotopic (exact) mass is 172 g/mol. The molecule has 0 aliphatic heterocycles. The second-order valence-corrected chi connectivity index (χ2v) is 3.15. The maximum Gasteiger partial charge on any atom is 0.236 e. The van der Waals surface area contributed by atoms with Crippen molar-refractivity contribution in [3.05, 3.63) is 0 Å². The highest BCUT2D eigenvalue weighted by Crippen LogP contribution is 2.03. The van der Waals surface area contributed by atoms with Gasteiger partial charge in [-0.1, -0.05) is 20.3 Å². The average molecular weight is 172 g/mol. The van der Waals surface area contributed by atoms with Gasteiger partial charge in [0.2, 0.25) is 5.91 Å². The zero-order valence-corrected chi connectivity index (χ0v) is 8.34. The summed E-state index contributed by atoms with van der Waals surface area (Å²) in [6, 6.07) is 0. The Bertz CT molecular complexity index is 136. The third kappa shape index (κ3) is 3.72. The molecule has 0 aliphatic carbocycles. The Kier molecular flexibility index (Phi) is 5.72. The van der Waals surface area contributed by atoms with Gasteiger partial charge >= 0.3 is 0 Å². The summed E-state index contributed by atoms with van der Waals surface area (Å²) in [7, 11) is 0. The van der Waals surface area contributed by atoms with Gasteiger partial charge in [0.15, 0.2) is 0 Å². The van der Waals surface area contributed by atoms with E-state index in [0.717, 1.165) is 19.5 Å². The largest absolute Gasteiger partial charge is 0.342 e. The number of nitrogens with zero attached hydrogens (tertiary/aromatic N) is 1. The molecule has 0 radical (unpaired) electrons. The minimum absolute atomic E-state index is 0.0535. The minimum Gasteiger partial charge on any atom is -0.342 e. The number of carbonyl (C=O) groups is 1. The molecule has 12 heavy (non-hydrogen) atoms. The van der Waals surface area contributed by atoms with Gasteiger partial charge in [-0.2, -0.15) is 0 Å². The van der Waals surface area contributed by atoms with E-state index in [2.05, 4.69) is 13.8 Å². The van der Waals surface area contributed by atoms with Crippen LogP contribution in [0, 0.1) is 5.92 Å². The van der Waals surface area contributed by atoms with Crippen LogP contribution in [0.1, 0.15) is 27.2 Å². The number of rotatable bonds is 5. The maximum absolute atomic E-state index is 11.2. The summed E-state index contributed by atoms with van der Waals surface area (Å²) in [5.74, 6) is 0.623. The fourth-order valence-electron chi connectivity index (χ4n) is 1.04. The van der Waals surface area contributed by atoms with Crippen LogP contribution in [0.15, 0.2) is 0 Å². The predicted molar refractivity (Wildman–Crippen MR) is 50.8 cm³/mol. The summed E-state index contributed by atoms with van der Waals surface area (Å²) in [6.45, 7) is 7.99. The maximum atomic E-state index is 11.2. The van der Waals surface area contributed by atoms with Crippen LogP contribution in [0.4, 0.5) is 0 Å². The smallest absolute Gasteiger partial charge is 0.236 e. The zero-order chi connectivity index (χ0) is 9.56. The summed E-state index contributed by atoms with van der Waals surface area (Å²) < 4.78 is 0. The highest BCUT2D eigenvalue weighted by Gasteiger charge is 2.11. The molecule has 0 aromatic carbocycles. The Morgan fingerprint density at radius 3 is 2.42 bits per heavy atom. The van der Waals surface area contributed by atoms with E-state index in [1.165, 1.54) is 0 Å². The molecule has 0 aliphatic rings. The molecule has 0 bridgehead atoms. The fraction of sp³-hybridized carbons (Fsp3) is 0.889. The molecule has 1 unspecified atom stereocenters. The molecule has 3 nitrogen and oxygen atoms in total. The van der Waals surface area contributed by atoms with Crippen LogP contribution in [-0.2, 0) is 4.79 Å². The first-order valence-electron chi connectivity index (χ1n) is 4.63. The molecule has 1 atom stereocenters. The molecule has 3 heteroatoms. The molecular weight excluding hydrogens is 152 g/mol. The Labute approximate surface area is 74.9 Å². The van der Waals surface area contributed by atoms with Crippen molar-refractivity contribution in [3.63, 3.8) is 0 Å². The van der Waals surface area contributed by atoms with E-state index in [9.17, 15) is 4.79 Å². The van der Waals surface area contributed by atoms with Gasteiger partial charge in [0.1, 0.15) is 0 Å². The van der Waals surface area contributed by atoms with Gasteiger partial charge in [-0.25, -0.2) is 0 Å². The third-order valence-corrected chi connectivity index (χ3v) is 2.14. The Hall–Kier alpha value is -0.570. The lowest BCUT2D eigenvalue weighted by molar-refractivity contribution is -0.130. The molecule has 1 amide bonds. The SMILES string of the molecule is CCC(C)CN(CC)C(=O)CN. The van der Waals surface area contributed by atoms with Crippen LogP contribution in [0.2, 0.25) is 0 Å². The van der Waals surface area contributed by atoms with Gasteiger partial charge in [-0.15, -0.1) is 0 Å². The van der Waals surface area contributed by atoms with Crippen molar-refractivity contribution in [3.8, 4) is 0 Å². The Balaban J connectivity index is 3.90. The Morgan fingerprint density at radius 1 is 1.50 bits per heavy atom. The predicted octanol–water partition coefficient (Wildman–Crippen LogP) is 0.840. The van der Waals surface area contributed by atoms with E-state index >= 15 is 0 Å². The molecule has 0 saturated carbocycles. The van der Waals surface area contributed by atoms with E-state index in [1.54, 1.807) is 0 Å². The lowest BCUT2D eigenvalue weighted by Gasteiger charge is -2.23. The molecule has 72 valence electrons. The second-order valence-electron chi connectivity index (χ2n) is 3.15. The van der Waals surface area contributed by atoms with E-state index < -0.39 is 0 Å². The van der Waals surface area contributed by atoms with Crippen molar-refractivity contribution >= 4 is 5.91 Å². The molecule has 0 heterocycles. The summed E-state index contributed by atoms with van der Waals surface area (Å²) >= 11 is 0. The first kappa shape index (κ1) is 11.4. The topological polar surface area (TPSA) is 46.3 Å². The fourth-order valence-corrected chi connectivity index (χ4v) is 1.04. The van der Waals surface area contributed by atoms with Gasteiger partial charge in [-0.3, -0.25) is 4.79 Å². The van der Waals surface area contributed by atoms with Crippen LogP contribution in [0.5, 0.6) is 0 Å². The van der Waals surface area contributed by atoms with Crippen LogP contribution in [-0.4, -0.2) is 30.4 Å². The quantitative estimate of drug-likeness (QED) is 0.668. The number of amides is 1. The number of carbonyl (C=O) groups excluding carboxylic acids is 1. The highest BCUT2D eigenvalue weighted by atomic mass is 16.2. The highest BCUT2D eigenvalue weighted by molar-refractivity contribution is 5.77. The normalized spacial score (nSPS) is 12.7. The van der Waals surface area contributed by atoms with Crippen molar-refractivity contribution in [1.29, 1.82) is 0 Å². The van der Waals surface area contributed by atoms with E-state index in [0.29, 0.717) is 5.92 Å². The van der Waals surface area contributed by atoms with Crippen LogP contribution >= 0.6 is 0 Å². The number of hydrogen-bond acceptors (Lipinski definition) is 2. The van der Waals surface area contributed by atoms with Crippen LogP contribution in [0.25, 0.3) is 0 Å². The second kappa shape index (κ2) is 6.00. The molecule has 0 rings (SSSR count). The standard InChI is InChI=1S/C9H20N2O/c1-4-8(3)7-11(5-2)9(12)6-10/h8H,4-7,10H2,1-3H3. The lowest BCUT2D eigenvalue weighted by Crippen LogP contribution is -2.38. The summed E-state index contributed by atoms with van der Waals surface area (Å²) in [5, 5.41) is 0. The first-order chi connectivity index (χ1) is 5.65. The van der Waals surface area contributed by atoms with Crippen molar-refractivity contribution < 1.29 is 4.79 Å².